The number of urea groups is 1. The highest BCUT2D eigenvalue weighted by molar-refractivity contribution is 6.36. The molecule has 0 saturated carbocycles. The Morgan fingerprint density at radius 1 is 1.00 bits per heavy atom. The number of carbonyl (C=O) groups excluding carboxylic acids is 2. The third-order valence-electron chi connectivity index (χ3n) is 6.06. The molecular formula is C26H19Cl2F3N4O2. The number of halogens is 5. The van der Waals surface area contributed by atoms with E-state index in [0.717, 1.165) is 12.1 Å². The van der Waals surface area contributed by atoms with Gasteiger partial charge in [0.2, 0.25) is 0 Å². The molecule has 190 valence electrons. The lowest BCUT2D eigenvalue weighted by atomic mass is 10.0. The average Bonchev–Trinajstić information content (AvgIpc) is 3.00. The molecule has 1 heterocycles. The molecule has 37 heavy (non-hydrogen) atoms. The van der Waals surface area contributed by atoms with Gasteiger partial charge in [-0.2, -0.15) is 18.4 Å². The van der Waals surface area contributed by atoms with E-state index < -0.39 is 34.8 Å². The Hall–Kier alpha value is -3.74. The summed E-state index contributed by atoms with van der Waals surface area (Å²) in [5.41, 5.74) is -1.64. The van der Waals surface area contributed by atoms with Gasteiger partial charge in [0, 0.05) is 10.7 Å². The van der Waals surface area contributed by atoms with Gasteiger partial charge in [-0.15, -0.1) is 0 Å². The third-order valence-corrected chi connectivity index (χ3v) is 6.60. The molecule has 0 aromatic heterocycles. The summed E-state index contributed by atoms with van der Waals surface area (Å²) in [5.74, 6) is -0.693. The Balaban J connectivity index is 1.68. The van der Waals surface area contributed by atoms with Crippen molar-refractivity contribution < 1.29 is 22.8 Å². The van der Waals surface area contributed by atoms with Crippen LogP contribution in [0.4, 0.5) is 35.0 Å². The minimum absolute atomic E-state index is 0.0230. The number of nitrogens with one attached hydrogen (secondary N) is 1. The Morgan fingerprint density at radius 2 is 1.70 bits per heavy atom. The van der Waals surface area contributed by atoms with Crippen molar-refractivity contribution in [1.82, 2.24) is 4.90 Å². The summed E-state index contributed by atoms with van der Waals surface area (Å²) in [6.45, 7) is 3.02. The first-order chi connectivity index (χ1) is 17.3. The Bertz CT molecular complexity index is 1450. The zero-order valence-electron chi connectivity index (χ0n) is 19.5. The van der Waals surface area contributed by atoms with Crippen LogP contribution in [0.3, 0.4) is 0 Å². The number of amides is 3. The van der Waals surface area contributed by atoms with Crippen LogP contribution in [-0.2, 0) is 17.5 Å². The van der Waals surface area contributed by atoms with E-state index in [1.54, 1.807) is 42.5 Å². The van der Waals surface area contributed by atoms with Gasteiger partial charge in [-0.1, -0.05) is 41.4 Å². The number of hydrogen-bond acceptors (Lipinski definition) is 4. The molecule has 1 aliphatic rings. The molecule has 1 N–H and O–H groups in total. The van der Waals surface area contributed by atoms with Gasteiger partial charge >= 0.3 is 12.2 Å². The highest BCUT2D eigenvalue weighted by Crippen LogP contribution is 2.39. The van der Waals surface area contributed by atoms with Crippen LogP contribution in [0.2, 0.25) is 10.0 Å². The number of para-hydroxylation sites is 1. The fourth-order valence-electron chi connectivity index (χ4n) is 4.02. The van der Waals surface area contributed by atoms with Crippen molar-refractivity contribution in [1.29, 1.82) is 5.26 Å². The topological polar surface area (TPSA) is 76.4 Å². The minimum atomic E-state index is -4.84. The number of benzene rings is 3. The summed E-state index contributed by atoms with van der Waals surface area (Å²) < 4.78 is 40.5. The van der Waals surface area contributed by atoms with Crippen LogP contribution >= 0.6 is 23.2 Å². The number of carbonyl (C=O) groups is 2. The van der Waals surface area contributed by atoms with Gasteiger partial charge in [0.25, 0.3) is 5.91 Å². The first-order valence-corrected chi connectivity index (χ1v) is 11.7. The highest BCUT2D eigenvalue weighted by atomic mass is 35.5. The molecule has 0 aliphatic carbocycles. The fraction of sp³-hybridized carbons (Fsp3) is 0.192. The largest absolute Gasteiger partial charge is 0.417 e. The molecule has 3 amide bonds. The molecule has 1 fully saturated rings. The number of hydrogen-bond donors (Lipinski definition) is 1. The van der Waals surface area contributed by atoms with Crippen molar-refractivity contribution in [3.8, 4) is 6.07 Å². The van der Waals surface area contributed by atoms with E-state index >= 15 is 0 Å². The van der Waals surface area contributed by atoms with Gasteiger partial charge in [-0.25, -0.2) is 9.69 Å². The highest BCUT2D eigenvalue weighted by Gasteiger charge is 2.52. The number of rotatable bonds is 5. The fourth-order valence-corrected chi connectivity index (χ4v) is 4.47. The second-order valence-corrected chi connectivity index (χ2v) is 9.66. The van der Waals surface area contributed by atoms with E-state index in [9.17, 15) is 22.8 Å². The van der Waals surface area contributed by atoms with E-state index in [1.807, 2.05) is 0 Å². The number of imide groups is 1. The lowest BCUT2D eigenvalue weighted by molar-refractivity contribution is -0.137. The summed E-state index contributed by atoms with van der Waals surface area (Å²) in [6.07, 6.45) is -4.84. The average molecular weight is 547 g/mol. The van der Waals surface area contributed by atoms with E-state index in [-0.39, 0.29) is 12.2 Å². The zero-order chi connectivity index (χ0) is 27.1. The molecule has 0 bridgehead atoms. The SMILES string of the molecule is CC1(C)C(=O)N(c2ccc(C#N)c(C(F)(F)F)c2)C(=O)N1Cc1ccccc1Nc1ccc(Cl)cc1Cl. The molecular weight excluding hydrogens is 528 g/mol. The molecule has 0 atom stereocenters. The van der Waals surface area contributed by atoms with Crippen LogP contribution in [0, 0.1) is 11.3 Å². The lowest BCUT2D eigenvalue weighted by Crippen LogP contribution is -2.43. The van der Waals surface area contributed by atoms with Gasteiger partial charge < -0.3 is 10.2 Å². The van der Waals surface area contributed by atoms with Crippen LogP contribution < -0.4 is 10.2 Å². The minimum Gasteiger partial charge on any atom is -0.354 e. The molecule has 0 radical (unpaired) electrons. The monoisotopic (exact) mass is 546 g/mol. The summed E-state index contributed by atoms with van der Waals surface area (Å²) in [7, 11) is 0. The van der Waals surface area contributed by atoms with E-state index in [2.05, 4.69) is 5.32 Å². The normalized spacial score (nSPS) is 15.2. The van der Waals surface area contributed by atoms with Crippen molar-refractivity contribution in [3.05, 3.63) is 87.4 Å². The maximum atomic E-state index is 13.5. The van der Waals surface area contributed by atoms with Crippen molar-refractivity contribution in [2.24, 2.45) is 0 Å². The molecule has 3 aromatic rings. The smallest absolute Gasteiger partial charge is 0.354 e. The summed E-state index contributed by atoms with van der Waals surface area (Å²) >= 11 is 12.3. The first-order valence-electron chi connectivity index (χ1n) is 10.9. The predicted molar refractivity (Wildman–Crippen MR) is 135 cm³/mol. The Labute approximate surface area is 220 Å². The standard InChI is InChI=1S/C26H19Cl2F3N4O2/c1-25(2)23(36)35(18-9-7-15(13-32)19(12-18)26(29,30)31)24(37)34(25)14-16-5-3-4-6-21(16)33-22-10-8-17(27)11-20(22)28/h3-12,33H,14H2,1-2H3. The third kappa shape index (κ3) is 4.95. The molecule has 0 spiro atoms. The van der Waals surface area contributed by atoms with E-state index in [0.29, 0.717) is 37.9 Å². The van der Waals surface area contributed by atoms with E-state index in [1.165, 1.54) is 24.8 Å². The van der Waals surface area contributed by atoms with Crippen molar-refractivity contribution in [2.75, 3.05) is 10.2 Å². The van der Waals surface area contributed by atoms with Crippen LogP contribution in [0.5, 0.6) is 0 Å². The molecule has 6 nitrogen and oxygen atoms in total. The molecule has 11 heteroatoms. The van der Waals surface area contributed by atoms with Gasteiger partial charge in [-0.3, -0.25) is 4.79 Å². The second kappa shape index (κ2) is 9.61. The van der Waals surface area contributed by atoms with Crippen molar-refractivity contribution in [2.45, 2.75) is 32.1 Å². The van der Waals surface area contributed by atoms with Crippen molar-refractivity contribution >= 4 is 52.2 Å². The number of nitrogens with zero attached hydrogens (tertiary/aromatic N) is 3. The Kier molecular flexibility index (Phi) is 6.84. The molecule has 1 aliphatic heterocycles. The maximum absolute atomic E-state index is 13.5. The summed E-state index contributed by atoms with van der Waals surface area (Å²) in [6, 6.07) is 15.4. The lowest BCUT2D eigenvalue weighted by Gasteiger charge is -2.28. The second-order valence-electron chi connectivity index (χ2n) is 8.81. The van der Waals surface area contributed by atoms with Crippen LogP contribution in [0.1, 0.15) is 30.5 Å². The summed E-state index contributed by atoms with van der Waals surface area (Å²) in [5, 5.41) is 13.1. The Morgan fingerprint density at radius 3 is 2.35 bits per heavy atom. The quantitative estimate of drug-likeness (QED) is 0.339. The van der Waals surface area contributed by atoms with Crippen molar-refractivity contribution in [3.63, 3.8) is 0 Å². The maximum Gasteiger partial charge on any atom is 0.417 e. The zero-order valence-corrected chi connectivity index (χ0v) is 21.0. The van der Waals surface area contributed by atoms with Gasteiger partial charge in [-0.05, 0) is 61.9 Å². The molecule has 4 rings (SSSR count). The predicted octanol–water partition coefficient (Wildman–Crippen LogP) is 7.37. The molecule has 3 aromatic carbocycles. The number of anilines is 3. The van der Waals surface area contributed by atoms with Gasteiger partial charge in [0.05, 0.1) is 40.1 Å². The van der Waals surface area contributed by atoms with Crippen LogP contribution in [0.15, 0.2) is 60.7 Å². The first kappa shape index (κ1) is 26.3. The summed E-state index contributed by atoms with van der Waals surface area (Å²) in [4.78, 5) is 28.7. The van der Waals surface area contributed by atoms with E-state index in [4.69, 9.17) is 28.5 Å². The number of nitriles is 1. The number of alkyl halides is 3. The van der Waals surface area contributed by atoms with Gasteiger partial charge in [0.15, 0.2) is 0 Å². The van der Waals surface area contributed by atoms with Gasteiger partial charge in [0.1, 0.15) is 5.54 Å². The van der Waals surface area contributed by atoms with Crippen LogP contribution in [-0.4, -0.2) is 22.4 Å². The molecule has 0 unspecified atom stereocenters. The molecule has 1 saturated heterocycles. The van der Waals surface area contributed by atoms with Crippen LogP contribution in [0.25, 0.3) is 0 Å².